The molecule has 0 amide bonds. The van der Waals surface area contributed by atoms with Gasteiger partial charge in [0.2, 0.25) is 0 Å². The molecule has 0 aliphatic carbocycles. The molecule has 0 saturated carbocycles. The van der Waals surface area contributed by atoms with Gasteiger partial charge in [0.1, 0.15) is 5.82 Å². The van der Waals surface area contributed by atoms with Crippen LogP contribution < -0.4 is 10.2 Å². The van der Waals surface area contributed by atoms with Gasteiger partial charge in [-0.15, -0.1) is 0 Å². The number of aromatic nitrogens is 3. The fraction of sp³-hybridized carbons (Fsp3) is 0.500. The molecule has 1 fully saturated rings. The highest BCUT2D eigenvalue weighted by Crippen LogP contribution is 2.36. The van der Waals surface area contributed by atoms with Crippen molar-refractivity contribution in [2.24, 2.45) is 7.05 Å². The Morgan fingerprint density at radius 2 is 1.95 bits per heavy atom. The Hall–Kier alpha value is -1.83. The van der Waals surface area contributed by atoms with E-state index in [1.165, 1.54) is 10.9 Å². The van der Waals surface area contributed by atoms with Crippen LogP contribution in [-0.4, -0.2) is 40.9 Å². The summed E-state index contributed by atoms with van der Waals surface area (Å²) in [6.45, 7) is 2.76. The predicted molar refractivity (Wildman–Crippen MR) is 68.6 cm³/mol. The van der Waals surface area contributed by atoms with E-state index in [9.17, 15) is 13.2 Å². The summed E-state index contributed by atoms with van der Waals surface area (Å²) in [5.41, 5.74) is -0.542. The quantitative estimate of drug-likeness (QED) is 0.860. The Morgan fingerprint density at radius 3 is 2.60 bits per heavy atom. The van der Waals surface area contributed by atoms with Crippen LogP contribution in [0.5, 0.6) is 0 Å². The molecule has 0 atom stereocenters. The average Bonchev–Trinajstić information content (AvgIpc) is 2.77. The molecule has 3 heterocycles. The molecule has 8 heteroatoms. The highest BCUT2D eigenvalue weighted by molar-refractivity contribution is 5.81. The van der Waals surface area contributed by atoms with Gasteiger partial charge in [0.25, 0.3) is 0 Å². The number of aryl methyl sites for hydroxylation is 1. The number of hydrogen-bond acceptors (Lipinski definition) is 4. The molecule has 20 heavy (non-hydrogen) atoms. The molecule has 2 aromatic heterocycles. The summed E-state index contributed by atoms with van der Waals surface area (Å²) >= 11 is 0. The van der Waals surface area contributed by atoms with Crippen LogP contribution >= 0.6 is 0 Å². The molecule has 1 N–H and O–H groups in total. The number of anilines is 1. The topological polar surface area (TPSA) is 46.0 Å². The number of piperazine rings is 1. The van der Waals surface area contributed by atoms with Crippen molar-refractivity contribution in [1.82, 2.24) is 20.1 Å². The molecule has 5 nitrogen and oxygen atoms in total. The number of pyridine rings is 1. The molecular formula is C12H14F3N5. The smallest absolute Gasteiger partial charge is 0.354 e. The number of nitrogens with one attached hydrogen (secondary N) is 1. The van der Waals surface area contributed by atoms with E-state index < -0.39 is 11.7 Å². The molecule has 1 aliphatic rings. The van der Waals surface area contributed by atoms with Crippen molar-refractivity contribution in [3.63, 3.8) is 0 Å². The molecule has 1 aliphatic heterocycles. The summed E-state index contributed by atoms with van der Waals surface area (Å²) < 4.78 is 40.9. The number of fused-ring (bicyclic) bond motifs is 1. The van der Waals surface area contributed by atoms with Gasteiger partial charge in [-0.05, 0) is 6.07 Å². The largest absolute Gasteiger partial charge is 0.417 e. The molecule has 2 aromatic rings. The lowest BCUT2D eigenvalue weighted by molar-refractivity contribution is -0.136. The summed E-state index contributed by atoms with van der Waals surface area (Å²) in [5.74, 6) is 0.338. The third-order valence-corrected chi connectivity index (χ3v) is 3.34. The molecule has 1 saturated heterocycles. The SMILES string of the molecule is Cn1cc2c(C(F)(F)F)cc(N3CCNCC3)nc2n1. The first kappa shape index (κ1) is 13.2. The second-order valence-electron chi connectivity index (χ2n) is 4.80. The Morgan fingerprint density at radius 1 is 1.25 bits per heavy atom. The zero-order valence-electron chi connectivity index (χ0n) is 10.9. The highest BCUT2D eigenvalue weighted by Gasteiger charge is 2.35. The first-order valence-corrected chi connectivity index (χ1v) is 6.32. The van der Waals surface area contributed by atoms with E-state index in [4.69, 9.17) is 0 Å². The van der Waals surface area contributed by atoms with Crippen LogP contribution in [0.4, 0.5) is 19.0 Å². The zero-order valence-corrected chi connectivity index (χ0v) is 10.9. The summed E-state index contributed by atoms with van der Waals surface area (Å²) in [6.07, 6.45) is -3.06. The molecule has 0 aromatic carbocycles. The van der Waals surface area contributed by atoms with Crippen LogP contribution in [0.2, 0.25) is 0 Å². The van der Waals surface area contributed by atoms with Crippen LogP contribution in [0.15, 0.2) is 12.3 Å². The van der Waals surface area contributed by atoms with Crippen molar-refractivity contribution in [3.8, 4) is 0 Å². The standard InChI is InChI=1S/C12H14F3N5/c1-19-7-8-9(12(13,14)15)6-10(17-11(8)18-19)20-4-2-16-3-5-20/h6-7,16H,2-5H2,1H3. The average molecular weight is 285 g/mol. The van der Waals surface area contributed by atoms with E-state index in [0.717, 1.165) is 19.2 Å². The van der Waals surface area contributed by atoms with Crippen molar-refractivity contribution < 1.29 is 13.2 Å². The molecule has 108 valence electrons. The minimum absolute atomic E-state index is 0.0406. The van der Waals surface area contributed by atoms with Gasteiger partial charge in [0.15, 0.2) is 5.65 Å². The van der Waals surface area contributed by atoms with Gasteiger partial charge < -0.3 is 10.2 Å². The van der Waals surface area contributed by atoms with Crippen LogP contribution in [0, 0.1) is 0 Å². The minimum atomic E-state index is -4.41. The van der Waals surface area contributed by atoms with Gasteiger partial charge in [-0.1, -0.05) is 0 Å². The van der Waals surface area contributed by atoms with Crippen LogP contribution in [0.25, 0.3) is 11.0 Å². The van der Waals surface area contributed by atoms with Crippen molar-refractivity contribution in [3.05, 3.63) is 17.8 Å². The Labute approximate surface area is 113 Å². The first-order chi connectivity index (χ1) is 9.45. The maximum absolute atomic E-state index is 13.2. The minimum Gasteiger partial charge on any atom is -0.354 e. The van der Waals surface area contributed by atoms with Crippen LogP contribution in [0.1, 0.15) is 5.56 Å². The number of alkyl halides is 3. The Kier molecular flexibility index (Phi) is 3.04. The van der Waals surface area contributed by atoms with E-state index in [-0.39, 0.29) is 11.0 Å². The van der Waals surface area contributed by atoms with Crippen molar-refractivity contribution in [1.29, 1.82) is 0 Å². The molecule has 0 unspecified atom stereocenters. The predicted octanol–water partition coefficient (Wildman–Crippen LogP) is 1.40. The van der Waals surface area contributed by atoms with Gasteiger partial charge in [-0.25, -0.2) is 4.98 Å². The first-order valence-electron chi connectivity index (χ1n) is 6.32. The maximum Gasteiger partial charge on any atom is 0.417 e. The lowest BCUT2D eigenvalue weighted by atomic mass is 10.1. The van der Waals surface area contributed by atoms with E-state index in [1.807, 2.05) is 4.90 Å². The molecule has 0 bridgehead atoms. The monoisotopic (exact) mass is 285 g/mol. The van der Waals surface area contributed by atoms with Crippen LogP contribution in [0.3, 0.4) is 0 Å². The van der Waals surface area contributed by atoms with Gasteiger partial charge in [-0.2, -0.15) is 18.3 Å². The fourth-order valence-electron chi connectivity index (χ4n) is 2.39. The molecule has 0 spiro atoms. The van der Waals surface area contributed by atoms with Gasteiger partial charge in [-0.3, -0.25) is 4.68 Å². The van der Waals surface area contributed by atoms with E-state index in [2.05, 4.69) is 15.4 Å². The van der Waals surface area contributed by atoms with Crippen molar-refractivity contribution in [2.45, 2.75) is 6.18 Å². The second kappa shape index (κ2) is 4.62. The van der Waals surface area contributed by atoms with Gasteiger partial charge in [0.05, 0.1) is 10.9 Å². The van der Waals surface area contributed by atoms with Gasteiger partial charge >= 0.3 is 6.18 Å². The second-order valence-corrected chi connectivity index (χ2v) is 4.80. The highest BCUT2D eigenvalue weighted by atomic mass is 19.4. The van der Waals surface area contributed by atoms with E-state index >= 15 is 0 Å². The third-order valence-electron chi connectivity index (χ3n) is 3.34. The molecule has 3 rings (SSSR count). The van der Waals surface area contributed by atoms with Crippen molar-refractivity contribution >= 4 is 16.9 Å². The third kappa shape index (κ3) is 2.31. The van der Waals surface area contributed by atoms with Gasteiger partial charge in [0, 0.05) is 39.4 Å². The Bertz CT molecular complexity index is 628. The number of hydrogen-bond donors (Lipinski definition) is 1. The number of halogens is 3. The van der Waals surface area contributed by atoms with E-state index in [0.29, 0.717) is 18.9 Å². The fourth-order valence-corrected chi connectivity index (χ4v) is 2.39. The Balaban J connectivity index is 2.14. The maximum atomic E-state index is 13.2. The van der Waals surface area contributed by atoms with Crippen molar-refractivity contribution in [2.75, 3.05) is 31.1 Å². The number of nitrogens with zero attached hydrogens (tertiary/aromatic N) is 4. The lowest BCUT2D eigenvalue weighted by Crippen LogP contribution is -2.44. The summed E-state index contributed by atoms with van der Waals surface area (Å²) in [5, 5.41) is 7.21. The van der Waals surface area contributed by atoms with E-state index in [1.54, 1.807) is 7.05 Å². The number of rotatable bonds is 1. The lowest BCUT2D eigenvalue weighted by Gasteiger charge is -2.28. The summed E-state index contributed by atoms with van der Waals surface area (Å²) in [4.78, 5) is 6.11. The zero-order chi connectivity index (χ0) is 14.3. The molecule has 0 radical (unpaired) electrons. The molecular weight excluding hydrogens is 271 g/mol. The summed E-state index contributed by atoms with van der Waals surface area (Å²) in [6, 6.07) is 1.12. The van der Waals surface area contributed by atoms with Crippen LogP contribution in [-0.2, 0) is 13.2 Å². The normalized spacial score (nSPS) is 16.9. The summed E-state index contributed by atoms with van der Waals surface area (Å²) in [7, 11) is 1.59.